The fraction of sp³-hybridized carbons (Fsp3) is 0.0833. The largest absolute Gasteiger partial charge is 0.495 e. The van der Waals surface area contributed by atoms with Crippen molar-refractivity contribution in [1.29, 1.82) is 0 Å². The molecule has 0 saturated heterocycles. The van der Waals surface area contributed by atoms with Gasteiger partial charge in [-0.05, 0) is 34.1 Å². The van der Waals surface area contributed by atoms with E-state index in [-0.39, 0.29) is 0 Å². The molecule has 94 valence electrons. The number of benzene rings is 1. The highest BCUT2D eigenvalue weighted by atomic mass is 79.9. The van der Waals surface area contributed by atoms with Crippen molar-refractivity contribution in [2.75, 3.05) is 18.2 Å². The van der Waals surface area contributed by atoms with Crippen LogP contribution in [0.3, 0.4) is 0 Å². The second-order valence-electron chi connectivity index (χ2n) is 3.56. The first-order chi connectivity index (χ1) is 8.61. The molecule has 0 radical (unpaired) electrons. The summed E-state index contributed by atoms with van der Waals surface area (Å²) in [7, 11) is 1.62. The number of hydrogen-bond donors (Lipinski definition) is 2. The number of nitrogen functional groups attached to an aromatic ring is 1. The van der Waals surface area contributed by atoms with Gasteiger partial charge in [-0.15, -0.1) is 0 Å². The fourth-order valence-corrected chi connectivity index (χ4v) is 2.30. The average Bonchev–Trinajstić information content (AvgIpc) is 2.34. The molecule has 0 bridgehead atoms. The highest BCUT2D eigenvalue weighted by Crippen LogP contribution is 2.35. The Morgan fingerprint density at radius 2 is 2.06 bits per heavy atom. The first kappa shape index (κ1) is 13.2. The lowest BCUT2D eigenvalue weighted by Crippen LogP contribution is -2.00. The summed E-state index contributed by atoms with van der Waals surface area (Å²) >= 11 is 6.84. The van der Waals surface area contributed by atoms with E-state index in [0.717, 1.165) is 26.1 Å². The van der Waals surface area contributed by atoms with Crippen LogP contribution in [0.1, 0.15) is 0 Å². The van der Waals surface area contributed by atoms with Crippen molar-refractivity contribution in [3.8, 4) is 5.75 Å². The number of halogens is 2. The third-order valence-electron chi connectivity index (χ3n) is 2.35. The Balaban J connectivity index is 2.42. The van der Waals surface area contributed by atoms with Crippen LogP contribution in [0.25, 0.3) is 0 Å². The van der Waals surface area contributed by atoms with Crippen LogP contribution < -0.4 is 15.8 Å². The molecule has 0 amide bonds. The summed E-state index contributed by atoms with van der Waals surface area (Å²) in [5.74, 6) is 0.737. The Labute approximate surface area is 122 Å². The first-order valence-electron chi connectivity index (χ1n) is 5.11. The van der Waals surface area contributed by atoms with Gasteiger partial charge >= 0.3 is 0 Å². The lowest BCUT2D eigenvalue weighted by Gasteiger charge is -2.14. The standard InChI is InChI=1S/C12H11Br2N3O/c1-18-11-3-2-7(13)4-10(11)17-12-8(14)5-16-6-9(12)15/h2-6H,15H2,1H3,(H,16,17). The molecule has 0 aliphatic rings. The summed E-state index contributed by atoms with van der Waals surface area (Å²) in [4.78, 5) is 3.99. The minimum atomic E-state index is 0.561. The van der Waals surface area contributed by atoms with Crippen molar-refractivity contribution in [1.82, 2.24) is 4.98 Å². The molecule has 6 heteroatoms. The van der Waals surface area contributed by atoms with Gasteiger partial charge in [-0.1, -0.05) is 15.9 Å². The molecule has 0 spiro atoms. The zero-order valence-electron chi connectivity index (χ0n) is 9.58. The molecule has 0 aliphatic carbocycles. The van der Waals surface area contributed by atoms with Crippen LogP contribution in [-0.2, 0) is 0 Å². The Bertz CT molecular complexity index is 555. The molecule has 1 aromatic heterocycles. The number of methoxy groups -OCH3 is 1. The van der Waals surface area contributed by atoms with Crippen LogP contribution >= 0.6 is 31.9 Å². The van der Waals surface area contributed by atoms with Crippen LogP contribution in [0.2, 0.25) is 0 Å². The zero-order chi connectivity index (χ0) is 13.1. The maximum Gasteiger partial charge on any atom is 0.142 e. The molecule has 3 N–H and O–H groups in total. The number of hydrogen-bond acceptors (Lipinski definition) is 4. The SMILES string of the molecule is COc1ccc(Br)cc1Nc1c(N)cncc1Br. The monoisotopic (exact) mass is 371 g/mol. The number of nitrogens with one attached hydrogen (secondary N) is 1. The maximum atomic E-state index is 5.89. The van der Waals surface area contributed by atoms with Crippen molar-refractivity contribution in [2.24, 2.45) is 0 Å². The Morgan fingerprint density at radius 1 is 1.28 bits per heavy atom. The molecule has 1 heterocycles. The quantitative estimate of drug-likeness (QED) is 0.856. The van der Waals surface area contributed by atoms with Gasteiger partial charge in [0.2, 0.25) is 0 Å². The number of nitrogens with zero attached hydrogens (tertiary/aromatic N) is 1. The van der Waals surface area contributed by atoms with E-state index in [1.54, 1.807) is 19.5 Å². The molecule has 0 atom stereocenters. The smallest absolute Gasteiger partial charge is 0.142 e. The van der Waals surface area contributed by atoms with Crippen molar-refractivity contribution in [2.45, 2.75) is 0 Å². The van der Waals surface area contributed by atoms with Gasteiger partial charge in [0.15, 0.2) is 0 Å². The third-order valence-corrected chi connectivity index (χ3v) is 3.44. The molecule has 4 nitrogen and oxygen atoms in total. The van der Waals surface area contributed by atoms with Gasteiger partial charge in [-0.2, -0.15) is 0 Å². The number of pyridine rings is 1. The van der Waals surface area contributed by atoms with Gasteiger partial charge in [0.1, 0.15) is 5.75 Å². The second kappa shape index (κ2) is 5.58. The van der Waals surface area contributed by atoms with Crippen molar-refractivity contribution >= 4 is 48.9 Å². The fourth-order valence-electron chi connectivity index (χ4n) is 1.49. The minimum Gasteiger partial charge on any atom is -0.495 e. The molecular weight excluding hydrogens is 362 g/mol. The number of rotatable bonds is 3. The van der Waals surface area contributed by atoms with Crippen molar-refractivity contribution in [3.05, 3.63) is 39.5 Å². The number of aromatic nitrogens is 1. The van der Waals surface area contributed by atoms with Gasteiger partial charge in [-0.25, -0.2) is 0 Å². The van der Waals surface area contributed by atoms with Gasteiger partial charge in [0, 0.05) is 10.7 Å². The highest BCUT2D eigenvalue weighted by molar-refractivity contribution is 9.10. The van der Waals surface area contributed by atoms with Crippen LogP contribution in [0, 0.1) is 0 Å². The van der Waals surface area contributed by atoms with Crippen LogP contribution in [0.15, 0.2) is 39.5 Å². The average molecular weight is 373 g/mol. The van der Waals surface area contributed by atoms with E-state index in [0.29, 0.717) is 5.69 Å². The van der Waals surface area contributed by atoms with E-state index in [4.69, 9.17) is 10.5 Å². The molecule has 0 saturated carbocycles. The normalized spacial score (nSPS) is 10.2. The van der Waals surface area contributed by atoms with E-state index in [1.807, 2.05) is 18.2 Å². The van der Waals surface area contributed by atoms with Gasteiger partial charge in [0.05, 0.1) is 34.8 Å². The first-order valence-corrected chi connectivity index (χ1v) is 6.70. The molecule has 0 fully saturated rings. The second-order valence-corrected chi connectivity index (χ2v) is 5.33. The van der Waals surface area contributed by atoms with Gasteiger partial charge < -0.3 is 15.8 Å². The molecular formula is C12H11Br2N3O. The predicted octanol–water partition coefficient (Wildman–Crippen LogP) is 3.94. The van der Waals surface area contributed by atoms with E-state index < -0.39 is 0 Å². The van der Waals surface area contributed by atoms with E-state index in [9.17, 15) is 0 Å². The minimum absolute atomic E-state index is 0.561. The third kappa shape index (κ3) is 2.76. The van der Waals surface area contributed by atoms with E-state index in [1.165, 1.54) is 0 Å². The summed E-state index contributed by atoms with van der Waals surface area (Å²) in [5, 5.41) is 3.23. The molecule has 2 rings (SSSR count). The highest BCUT2D eigenvalue weighted by Gasteiger charge is 2.09. The van der Waals surface area contributed by atoms with E-state index in [2.05, 4.69) is 42.2 Å². The van der Waals surface area contributed by atoms with E-state index >= 15 is 0 Å². The molecule has 18 heavy (non-hydrogen) atoms. The summed E-state index contributed by atoms with van der Waals surface area (Å²) in [6, 6.07) is 5.71. The predicted molar refractivity (Wildman–Crippen MR) is 80.3 cm³/mol. The molecule has 1 aromatic carbocycles. The van der Waals surface area contributed by atoms with Crippen LogP contribution in [-0.4, -0.2) is 12.1 Å². The maximum absolute atomic E-state index is 5.89. The summed E-state index contributed by atoms with van der Waals surface area (Å²) < 4.78 is 7.05. The number of nitrogens with two attached hydrogens (primary N) is 1. The van der Waals surface area contributed by atoms with Crippen molar-refractivity contribution in [3.63, 3.8) is 0 Å². The molecule has 0 unspecified atom stereocenters. The number of ether oxygens (including phenoxy) is 1. The summed E-state index contributed by atoms with van der Waals surface area (Å²) in [6.45, 7) is 0. The summed E-state index contributed by atoms with van der Waals surface area (Å²) in [5.41, 5.74) is 8.04. The van der Waals surface area contributed by atoms with Crippen LogP contribution in [0.5, 0.6) is 5.75 Å². The molecule has 2 aromatic rings. The van der Waals surface area contributed by atoms with Gasteiger partial charge in [-0.3, -0.25) is 4.98 Å². The van der Waals surface area contributed by atoms with Gasteiger partial charge in [0.25, 0.3) is 0 Å². The molecule has 0 aliphatic heterocycles. The summed E-state index contributed by atoms with van der Waals surface area (Å²) in [6.07, 6.45) is 3.28. The lowest BCUT2D eigenvalue weighted by atomic mass is 10.2. The number of anilines is 3. The van der Waals surface area contributed by atoms with Crippen molar-refractivity contribution < 1.29 is 4.74 Å². The lowest BCUT2D eigenvalue weighted by molar-refractivity contribution is 0.417. The zero-order valence-corrected chi connectivity index (χ0v) is 12.7. The Hall–Kier alpha value is -1.27. The van der Waals surface area contributed by atoms with Crippen LogP contribution in [0.4, 0.5) is 17.1 Å². The Morgan fingerprint density at radius 3 is 2.72 bits per heavy atom. The topological polar surface area (TPSA) is 60.2 Å². The Kier molecular flexibility index (Phi) is 4.08.